The Labute approximate surface area is 110 Å². The number of carbonyl (C=O) groups excluding carboxylic acids is 1. The van der Waals surface area contributed by atoms with Crippen LogP contribution in [0, 0.1) is 11.6 Å². The van der Waals surface area contributed by atoms with Gasteiger partial charge < -0.3 is 5.32 Å². The molecule has 0 saturated heterocycles. The molecule has 0 aliphatic carbocycles. The first-order valence-corrected chi connectivity index (χ1v) is 5.75. The topological polar surface area (TPSA) is 42.0 Å². The fourth-order valence-electron chi connectivity index (χ4n) is 1.35. The van der Waals surface area contributed by atoms with Gasteiger partial charge in [-0.3, -0.25) is 4.79 Å². The Bertz CT molecular complexity index is 584. The van der Waals surface area contributed by atoms with Crippen LogP contribution in [0.3, 0.4) is 0 Å². The maximum atomic E-state index is 13.3. The molecule has 1 amide bonds. The number of carbonyl (C=O) groups is 1. The van der Waals surface area contributed by atoms with Crippen molar-refractivity contribution in [3.8, 4) is 0 Å². The molecule has 1 aromatic carbocycles. The minimum absolute atomic E-state index is 0.195. The van der Waals surface area contributed by atoms with Crippen molar-refractivity contribution in [2.45, 2.75) is 0 Å². The van der Waals surface area contributed by atoms with Crippen LogP contribution in [0.4, 0.5) is 14.5 Å². The second-order valence-electron chi connectivity index (χ2n) is 3.39. The molecule has 0 saturated carbocycles. The van der Waals surface area contributed by atoms with Gasteiger partial charge in [0.15, 0.2) is 0 Å². The minimum Gasteiger partial charge on any atom is -0.317 e. The predicted octanol–water partition coefficient (Wildman–Crippen LogP) is 3.37. The molecule has 92 valence electrons. The number of hydrogen-bond donors (Lipinski definition) is 1. The Hall–Kier alpha value is -1.82. The summed E-state index contributed by atoms with van der Waals surface area (Å²) in [5.41, 5.74) is -0.279. The number of anilines is 1. The summed E-state index contributed by atoms with van der Waals surface area (Å²) in [7, 11) is 0. The van der Waals surface area contributed by atoms with Crippen LogP contribution < -0.4 is 5.32 Å². The maximum absolute atomic E-state index is 13.3. The summed E-state index contributed by atoms with van der Waals surface area (Å²) in [5, 5.41) is 2.18. The lowest BCUT2D eigenvalue weighted by atomic mass is 10.2. The summed E-state index contributed by atoms with van der Waals surface area (Å²) in [4.78, 5) is 15.7. The van der Waals surface area contributed by atoms with E-state index in [0.717, 1.165) is 12.1 Å². The molecule has 2 aromatic rings. The van der Waals surface area contributed by atoms with E-state index in [4.69, 9.17) is 0 Å². The summed E-state index contributed by atoms with van der Waals surface area (Å²) < 4.78 is 27.0. The molecular weight excluding hydrogens is 306 g/mol. The van der Waals surface area contributed by atoms with Gasteiger partial charge in [0.2, 0.25) is 0 Å². The van der Waals surface area contributed by atoms with Gasteiger partial charge in [0.1, 0.15) is 21.9 Å². The van der Waals surface area contributed by atoms with Gasteiger partial charge in [-0.1, -0.05) is 6.07 Å². The predicted molar refractivity (Wildman–Crippen MR) is 66.2 cm³/mol. The lowest BCUT2D eigenvalue weighted by Gasteiger charge is -2.08. The van der Waals surface area contributed by atoms with Crippen LogP contribution in [0.2, 0.25) is 0 Å². The summed E-state index contributed by atoms with van der Waals surface area (Å²) in [6, 6.07) is 6.40. The number of halogens is 3. The van der Waals surface area contributed by atoms with Crippen LogP contribution in [-0.2, 0) is 0 Å². The van der Waals surface area contributed by atoms with Crippen molar-refractivity contribution in [1.29, 1.82) is 0 Å². The van der Waals surface area contributed by atoms with Crippen LogP contribution in [0.25, 0.3) is 0 Å². The second kappa shape index (κ2) is 5.22. The molecule has 18 heavy (non-hydrogen) atoms. The Morgan fingerprint density at radius 1 is 1.17 bits per heavy atom. The van der Waals surface area contributed by atoms with Gasteiger partial charge in [-0.05, 0) is 40.2 Å². The average molecular weight is 313 g/mol. The standard InChI is InChI=1S/C12H7BrF2N2O/c13-11-7(3-2-6-16-11)12(18)17-10-8(14)4-1-5-9(10)15/h1-6H,(H,17,18). The molecule has 3 nitrogen and oxygen atoms in total. The van der Waals surface area contributed by atoms with Crippen molar-refractivity contribution < 1.29 is 13.6 Å². The smallest absolute Gasteiger partial charge is 0.258 e. The van der Waals surface area contributed by atoms with E-state index in [1.807, 2.05) is 0 Å². The van der Waals surface area contributed by atoms with Gasteiger partial charge in [0, 0.05) is 6.20 Å². The monoisotopic (exact) mass is 312 g/mol. The third-order valence-electron chi connectivity index (χ3n) is 2.21. The van der Waals surface area contributed by atoms with Crippen molar-refractivity contribution in [3.05, 3.63) is 58.3 Å². The van der Waals surface area contributed by atoms with E-state index in [-0.39, 0.29) is 5.56 Å². The number of nitrogens with zero attached hydrogens (tertiary/aromatic N) is 1. The van der Waals surface area contributed by atoms with Crippen molar-refractivity contribution in [1.82, 2.24) is 4.98 Å². The van der Waals surface area contributed by atoms with Crippen LogP contribution in [0.15, 0.2) is 41.1 Å². The number of amides is 1. The normalized spacial score (nSPS) is 10.2. The molecule has 0 radical (unpaired) electrons. The van der Waals surface area contributed by atoms with E-state index in [1.54, 1.807) is 6.07 Å². The number of pyridine rings is 1. The van der Waals surface area contributed by atoms with Gasteiger partial charge in [-0.15, -0.1) is 0 Å². The molecule has 0 spiro atoms. The molecule has 0 fully saturated rings. The van der Waals surface area contributed by atoms with Crippen LogP contribution >= 0.6 is 15.9 Å². The molecule has 0 aliphatic rings. The first kappa shape index (κ1) is 12.6. The maximum Gasteiger partial charge on any atom is 0.258 e. The van der Waals surface area contributed by atoms with Crippen molar-refractivity contribution in [3.63, 3.8) is 0 Å². The molecule has 1 aromatic heterocycles. The minimum atomic E-state index is -0.830. The van der Waals surface area contributed by atoms with Gasteiger partial charge in [-0.2, -0.15) is 0 Å². The Balaban J connectivity index is 2.30. The lowest BCUT2D eigenvalue weighted by molar-refractivity contribution is 0.102. The number of nitrogens with one attached hydrogen (secondary N) is 1. The summed E-state index contributed by atoms with van der Waals surface area (Å²) in [6.45, 7) is 0. The third kappa shape index (κ3) is 2.53. The lowest BCUT2D eigenvalue weighted by Crippen LogP contribution is -2.15. The van der Waals surface area contributed by atoms with Gasteiger partial charge in [0.05, 0.1) is 5.56 Å². The van der Waals surface area contributed by atoms with Crippen molar-refractivity contribution in [2.24, 2.45) is 0 Å². The fraction of sp³-hybridized carbons (Fsp3) is 0. The molecule has 1 heterocycles. The van der Waals surface area contributed by atoms with Crippen molar-refractivity contribution >= 4 is 27.5 Å². The van der Waals surface area contributed by atoms with Crippen molar-refractivity contribution in [2.75, 3.05) is 5.32 Å². The zero-order valence-corrected chi connectivity index (χ0v) is 10.5. The highest BCUT2D eigenvalue weighted by atomic mass is 79.9. The zero-order valence-electron chi connectivity index (χ0n) is 8.95. The van der Waals surface area contributed by atoms with E-state index in [2.05, 4.69) is 26.2 Å². The molecule has 0 aliphatic heterocycles. The first-order chi connectivity index (χ1) is 8.59. The highest BCUT2D eigenvalue weighted by Crippen LogP contribution is 2.20. The van der Waals surface area contributed by atoms with Crippen LogP contribution in [0.5, 0.6) is 0 Å². The number of aromatic nitrogens is 1. The number of para-hydroxylation sites is 1. The average Bonchev–Trinajstić information content (AvgIpc) is 2.34. The largest absolute Gasteiger partial charge is 0.317 e. The molecule has 1 N–H and O–H groups in total. The highest BCUT2D eigenvalue weighted by molar-refractivity contribution is 9.10. The Kier molecular flexibility index (Phi) is 3.66. The summed E-state index contributed by atoms with van der Waals surface area (Å²) in [6.07, 6.45) is 1.49. The van der Waals surface area contributed by atoms with Crippen LogP contribution in [0.1, 0.15) is 10.4 Å². The molecule has 6 heteroatoms. The number of benzene rings is 1. The number of hydrogen-bond acceptors (Lipinski definition) is 2. The Morgan fingerprint density at radius 3 is 2.44 bits per heavy atom. The zero-order chi connectivity index (χ0) is 13.1. The molecule has 0 unspecified atom stereocenters. The number of rotatable bonds is 2. The SMILES string of the molecule is O=C(Nc1c(F)cccc1F)c1cccnc1Br. The van der Waals surface area contributed by atoms with Gasteiger partial charge in [-0.25, -0.2) is 13.8 Å². The molecule has 0 atom stereocenters. The highest BCUT2D eigenvalue weighted by Gasteiger charge is 2.15. The van der Waals surface area contributed by atoms with Gasteiger partial charge >= 0.3 is 0 Å². The summed E-state index contributed by atoms with van der Waals surface area (Å²) in [5.74, 6) is -2.30. The molecule has 2 rings (SSSR count). The van der Waals surface area contributed by atoms with E-state index >= 15 is 0 Å². The first-order valence-electron chi connectivity index (χ1n) is 4.95. The summed E-state index contributed by atoms with van der Waals surface area (Å²) >= 11 is 3.09. The van der Waals surface area contributed by atoms with Crippen LogP contribution in [-0.4, -0.2) is 10.9 Å². The quantitative estimate of drug-likeness (QED) is 0.864. The van der Waals surface area contributed by atoms with E-state index in [0.29, 0.717) is 4.60 Å². The van der Waals surface area contributed by atoms with Gasteiger partial charge in [0.25, 0.3) is 5.91 Å². The van der Waals surface area contributed by atoms with E-state index in [9.17, 15) is 13.6 Å². The Morgan fingerprint density at radius 2 is 1.83 bits per heavy atom. The third-order valence-corrected chi connectivity index (χ3v) is 2.84. The molecule has 0 bridgehead atoms. The van der Waals surface area contributed by atoms with E-state index in [1.165, 1.54) is 18.3 Å². The van der Waals surface area contributed by atoms with E-state index < -0.39 is 23.2 Å². The molecular formula is C12H7BrF2N2O. The second-order valence-corrected chi connectivity index (χ2v) is 4.14. The fourth-order valence-corrected chi connectivity index (χ4v) is 1.78.